The molecule has 18 heavy (non-hydrogen) atoms. The van der Waals surface area contributed by atoms with E-state index in [9.17, 15) is 10.2 Å². The number of ether oxygens (including phenoxy) is 1. The van der Waals surface area contributed by atoms with Gasteiger partial charge in [0.25, 0.3) is 0 Å². The van der Waals surface area contributed by atoms with Gasteiger partial charge in [0.1, 0.15) is 18.3 Å². The molecular formula is C11H13N3O4. The van der Waals surface area contributed by atoms with Gasteiger partial charge in [-0.15, -0.1) is 0 Å². The van der Waals surface area contributed by atoms with Crippen molar-refractivity contribution in [2.24, 2.45) is 0 Å². The molecule has 7 heteroatoms. The highest BCUT2D eigenvalue weighted by Gasteiger charge is 2.43. The number of fused-ring (bicyclic) bond motifs is 1. The summed E-state index contributed by atoms with van der Waals surface area (Å²) in [5.74, 6) is 0. The van der Waals surface area contributed by atoms with E-state index in [0.29, 0.717) is 11.2 Å². The Hall–Kier alpha value is -1.54. The Morgan fingerprint density at radius 1 is 1.28 bits per heavy atom. The number of rotatable bonds is 2. The van der Waals surface area contributed by atoms with E-state index in [1.165, 1.54) is 6.33 Å². The molecule has 3 N–H and O–H groups in total. The minimum Gasteiger partial charge on any atom is -0.394 e. The number of pyridine rings is 1. The van der Waals surface area contributed by atoms with Crippen molar-refractivity contribution in [3.63, 3.8) is 0 Å². The Morgan fingerprint density at radius 3 is 2.83 bits per heavy atom. The Balaban J connectivity index is 2.00. The molecule has 0 spiro atoms. The highest BCUT2D eigenvalue weighted by molar-refractivity contribution is 5.70. The molecule has 0 aromatic carbocycles. The average Bonchev–Trinajstić information content (AvgIpc) is 2.93. The van der Waals surface area contributed by atoms with Crippen LogP contribution in [0.25, 0.3) is 11.2 Å². The molecule has 0 aliphatic carbocycles. The second-order valence-corrected chi connectivity index (χ2v) is 4.23. The van der Waals surface area contributed by atoms with Gasteiger partial charge in [-0.05, 0) is 12.1 Å². The van der Waals surface area contributed by atoms with Crippen molar-refractivity contribution < 1.29 is 20.1 Å². The zero-order valence-corrected chi connectivity index (χ0v) is 9.42. The van der Waals surface area contributed by atoms with Crippen LogP contribution in [0.15, 0.2) is 24.7 Å². The number of hydrogen-bond acceptors (Lipinski definition) is 6. The largest absolute Gasteiger partial charge is 0.394 e. The van der Waals surface area contributed by atoms with Crippen molar-refractivity contribution in [2.45, 2.75) is 24.5 Å². The maximum Gasteiger partial charge on any atom is 0.177 e. The standard InChI is InChI=1S/C11H13N3O4/c15-4-7-8(16)9(17)11(18-7)14-5-13-10-6(14)2-1-3-12-10/h1-3,5,7-9,11,15-17H,4H2/t7-,8+,9+,11+/m0/s1. The molecule has 1 aliphatic rings. The fourth-order valence-corrected chi connectivity index (χ4v) is 2.18. The van der Waals surface area contributed by atoms with E-state index in [2.05, 4.69) is 9.97 Å². The zero-order valence-electron chi connectivity index (χ0n) is 9.42. The second-order valence-electron chi connectivity index (χ2n) is 4.23. The van der Waals surface area contributed by atoms with Crippen LogP contribution in [0.4, 0.5) is 0 Å². The van der Waals surface area contributed by atoms with Crippen molar-refractivity contribution in [1.82, 2.24) is 14.5 Å². The third-order valence-electron chi connectivity index (χ3n) is 3.14. The van der Waals surface area contributed by atoms with E-state index >= 15 is 0 Å². The number of aromatic nitrogens is 3. The van der Waals surface area contributed by atoms with E-state index in [1.54, 1.807) is 22.9 Å². The fourth-order valence-electron chi connectivity index (χ4n) is 2.18. The van der Waals surface area contributed by atoms with Crippen molar-refractivity contribution >= 4 is 11.2 Å². The molecule has 2 aromatic heterocycles. The smallest absolute Gasteiger partial charge is 0.177 e. The van der Waals surface area contributed by atoms with E-state index < -0.39 is 24.5 Å². The molecule has 7 nitrogen and oxygen atoms in total. The lowest BCUT2D eigenvalue weighted by Gasteiger charge is -2.16. The van der Waals surface area contributed by atoms with Crippen LogP contribution in [-0.2, 0) is 4.74 Å². The van der Waals surface area contributed by atoms with Crippen molar-refractivity contribution in [1.29, 1.82) is 0 Å². The topological polar surface area (TPSA) is 101 Å². The summed E-state index contributed by atoms with van der Waals surface area (Å²) < 4.78 is 7.04. The normalized spacial score (nSPS) is 32.2. The Labute approximate surface area is 102 Å². The third kappa shape index (κ3) is 1.60. The quantitative estimate of drug-likeness (QED) is 0.635. The monoisotopic (exact) mass is 251 g/mol. The Kier molecular flexibility index (Phi) is 2.75. The molecule has 3 heterocycles. The average molecular weight is 251 g/mol. The summed E-state index contributed by atoms with van der Waals surface area (Å²) in [7, 11) is 0. The number of aliphatic hydroxyl groups excluding tert-OH is 3. The van der Waals surface area contributed by atoms with E-state index in [0.717, 1.165) is 0 Å². The van der Waals surface area contributed by atoms with Crippen LogP contribution in [0.2, 0.25) is 0 Å². The van der Waals surface area contributed by atoms with Crippen LogP contribution < -0.4 is 0 Å². The molecule has 0 unspecified atom stereocenters. The summed E-state index contributed by atoms with van der Waals surface area (Å²) in [6, 6.07) is 3.55. The summed E-state index contributed by atoms with van der Waals surface area (Å²) in [5, 5.41) is 28.7. The maximum atomic E-state index is 9.94. The number of imidazole rings is 1. The molecule has 0 amide bonds. The van der Waals surface area contributed by atoms with Crippen molar-refractivity contribution in [2.75, 3.05) is 6.61 Å². The summed E-state index contributed by atoms with van der Waals surface area (Å²) in [6.07, 6.45) is -0.672. The molecule has 0 radical (unpaired) electrons. The van der Waals surface area contributed by atoms with Gasteiger partial charge in [0.15, 0.2) is 11.9 Å². The van der Waals surface area contributed by atoms with Gasteiger partial charge >= 0.3 is 0 Å². The molecular weight excluding hydrogens is 238 g/mol. The van der Waals surface area contributed by atoms with E-state index in [-0.39, 0.29) is 6.61 Å². The highest BCUT2D eigenvalue weighted by Crippen LogP contribution is 2.31. The first-order chi connectivity index (χ1) is 8.72. The first-order valence-electron chi connectivity index (χ1n) is 5.62. The van der Waals surface area contributed by atoms with Crippen molar-refractivity contribution in [3.05, 3.63) is 24.7 Å². The molecule has 3 rings (SSSR count). The predicted octanol–water partition coefficient (Wildman–Crippen LogP) is -0.957. The van der Waals surface area contributed by atoms with Gasteiger partial charge < -0.3 is 20.1 Å². The molecule has 1 fully saturated rings. The SMILES string of the molecule is OC[C@@H]1O[C@@H](n2cnc3ncccc32)[C@H](O)[C@@H]1O. The van der Waals surface area contributed by atoms with Crippen LogP contribution in [0.3, 0.4) is 0 Å². The Morgan fingerprint density at radius 2 is 2.11 bits per heavy atom. The third-order valence-corrected chi connectivity index (χ3v) is 3.14. The van der Waals surface area contributed by atoms with Gasteiger partial charge in [-0.3, -0.25) is 4.57 Å². The highest BCUT2D eigenvalue weighted by atomic mass is 16.6. The van der Waals surface area contributed by atoms with Gasteiger partial charge in [0.05, 0.1) is 18.5 Å². The second kappa shape index (κ2) is 4.29. The molecule has 1 saturated heterocycles. The fraction of sp³-hybridized carbons (Fsp3) is 0.455. The number of hydrogen-bond donors (Lipinski definition) is 3. The van der Waals surface area contributed by atoms with Crippen LogP contribution in [0, 0.1) is 0 Å². The van der Waals surface area contributed by atoms with E-state index in [4.69, 9.17) is 9.84 Å². The summed E-state index contributed by atoms with van der Waals surface area (Å²) >= 11 is 0. The van der Waals surface area contributed by atoms with Crippen LogP contribution >= 0.6 is 0 Å². The summed E-state index contributed by atoms with van der Waals surface area (Å²) in [6.45, 7) is -0.348. The maximum absolute atomic E-state index is 9.94. The summed E-state index contributed by atoms with van der Waals surface area (Å²) in [4.78, 5) is 8.17. The first-order valence-corrected chi connectivity index (χ1v) is 5.62. The van der Waals surface area contributed by atoms with Gasteiger partial charge in [0.2, 0.25) is 0 Å². The lowest BCUT2D eigenvalue weighted by molar-refractivity contribution is -0.0508. The molecule has 96 valence electrons. The van der Waals surface area contributed by atoms with Gasteiger partial charge in [-0.25, -0.2) is 9.97 Å². The van der Waals surface area contributed by atoms with E-state index in [1.807, 2.05) is 0 Å². The van der Waals surface area contributed by atoms with Gasteiger partial charge in [0, 0.05) is 6.20 Å². The minimum absolute atomic E-state index is 0.348. The minimum atomic E-state index is -1.12. The van der Waals surface area contributed by atoms with Crippen LogP contribution in [-0.4, -0.2) is 54.8 Å². The number of aliphatic hydroxyl groups is 3. The predicted molar refractivity (Wildman–Crippen MR) is 60.5 cm³/mol. The van der Waals surface area contributed by atoms with Crippen molar-refractivity contribution in [3.8, 4) is 0 Å². The molecule has 4 atom stereocenters. The molecule has 2 aromatic rings. The summed E-state index contributed by atoms with van der Waals surface area (Å²) in [5.41, 5.74) is 1.24. The molecule has 0 saturated carbocycles. The Bertz CT molecular complexity index is 558. The molecule has 1 aliphatic heterocycles. The lowest BCUT2D eigenvalue weighted by atomic mass is 10.1. The molecule has 0 bridgehead atoms. The zero-order chi connectivity index (χ0) is 12.7. The van der Waals surface area contributed by atoms with Gasteiger partial charge in [-0.1, -0.05) is 0 Å². The first kappa shape index (κ1) is 11.5. The van der Waals surface area contributed by atoms with Crippen LogP contribution in [0.1, 0.15) is 6.23 Å². The van der Waals surface area contributed by atoms with Crippen LogP contribution in [0.5, 0.6) is 0 Å². The van der Waals surface area contributed by atoms with Gasteiger partial charge in [-0.2, -0.15) is 0 Å². The number of nitrogens with zero attached hydrogens (tertiary/aromatic N) is 3. The lowest BCUT2D eigenvalue weighted by Crippen LogP contribution is -2.33.